The van der Waals surface area contributed by atoms with E-state index < -0.39 is 0 Å². The molecule has 0 bridgehead atoms. The van der Waals surface area contributed by atoms with Crippen LogP contribution in [0.1, 0.15) is 46.0 Å². The van der Waals surface area contributed by atoms with Gasteiger partial charge in [0.2, 0.25) is 5.91 Å². The number of rotatable bonds is 8. The number of nitrogens with one attached hydrogen (secondary N) is 1. The molecular formula is C18H35N3O2. The molecule has 1 aliphatic heterocycles. The maximum atomic E-state index is 12.4. The molecule has 0 aromatic carbocycles. The predicted octanol–water partition coefficient (Wildman–Crippen LogP) is 1.73. The van der Waals surface area contributed by atoms with Gasteiger partial charge in [-0.3, -0.25) is 14.6 Å². The van der Waals surface area contributed by atoms with Gasteiger partial charge in [-0.05, 0) is 32.6 Å². The van der Waals surface area contributed by atoms with Crippen LogP contribution in [0.15, 0.2) is 0 Å². The van der Waals surface area contributed by atoms with Gasteiger partial charge in [-0.2, -0.15) is 0 Å². The number of hydrogen-bond acceptors (Lipinski definition) is 4. The molecule has 1 atom stereocenters. The minimum absolute atomic E-state index is 0.00682. The van der Waals surface area contributed by atoms with Crippen LogP contribution in [0, 0.1) is 5.92 Å². The van der Waals surface area contributed by atoms with Crippen molar-refractivity contribution in [3.8, 4) is 0 Å². The Balaban J connectivity index is 1.63. The van der Waals surface area contributed by atoms with Gasteiger partial charge in [0.05, 0.1) is 12.6 Å². The Bertz CT molecular complexity index is 337. The lowest BCUT2D eigenvalue weighted by atomic mass is 9.89. The van der Waals surface area contributed by atoms with Gasteiger partial charge in [0, 0.05) is 45.9 Å². The Hall–Kier alpha value is -0.650. The van der Waals surface area contributed by atoms with Gasteiger partial charge >= 0.3 is 0 Å². The van der Waals surface area contributed by atoms with E-state index in [1.165, 1.54) is 32.1 Å². The summed E-state index contributed by atoms with van der Waals surface area (Å²) in [6.07, 6.45) is 6.61. The van der Waals surface area contributed by atoms with E-state index in [2.05, 4.69) is 15.1 Å². The molecule has 1 aliphatic carbocycles. The van der Waals surface area contributed by atoms with Gasteiger partial charge < -0.3 is 10.1 Å². The minimum Gasteiger partial charge on any atom is -0.380 e. The highest BCUT2D eigenvalue weighted by Crippen LogP contribution is 2.22. The first kappa shape index (κ1) is 18.7. The van der Waals surface area contributed by atoms with E-state index in [1.54, 1.807) is 0 Å². The number of hydrogen-bond donors (Lipinski definition) is 1. The summed E-state index contributed by atoms with van der Waals surface area (Å²) in [5.74, 6) is 0.911. The maximum absolute atomic E-state index is 12.4. The summed E-state index contributed by atoms with van der Waals surface area (Å²) in [6.45, 7) is 11.6. The van der Waals surface area contributed by atoms with Gasteiger partial charge in [-0.1, -0.05) is 19.3 Å². The fourth-order valence-electron chi connectivity index (χ4n) is 3.66. The normalized spacial score (nSPS) is 22.9. The molecular weight excluding hydrogens is 290 g/mol. The Morgan fingerprint density at radius 2 is 1.87 bits per heavy atom. The van der Waals surface area contributed by atoms with Crippen molar-refractivity contribution >= 4 is 5.91 Å². The Morgan fingerprint density at radius 1 is 1.17 bits per heavy atom. The summed E-state index contributed by atoms with van der Waals surface area (Å²) in [5, 5.41) is 3.19. The van der Waals surface area contributed by atoms with E-state index >= 15 is 0 Å². The van der Waals surface area contributed by atoms with Crippen molar-refractivity contribution in [2.75, 3.05) is 52.5 Å². The second-order valence-corrected chi connectivity index (χ2v) is 7.00. The summed E-state index contributed by atoms with van der Waals surface area (Å²) in [6, 6.07) is -0.00682. The number of nitrogens with zero attached hydrogens (tertiary/aromatic N) is 2. The number of amides is 1. The maximum Gasteiger partial charge on any atom is 0.237 e. The Morgan fingerprint density at radius 3 is 2.52 bits per heavy atom. The molecule has 1 N–H and O–H groups in total. The highest BCUT2D eigenvalue weighted by molar-refractivity contribution is 5.81. The number of ether oxygens (including phenoxy) is 1. The minimum atomic E-state index is -0.00682. The first-order chi connectivity index (χ1) is 11.2. The molecule has 1 amide bonds. The smallest absolute Gasteiger partial charge is 0.237 e. The standard InChI is InChI=1S/C18H35N3O2/c1-3-23-14-13-20-9-11-21(12-10-20)16(2)18(22)19-15-17-7-5-4-6-8-17/h16-17H,3-15H2,1-2H3,(H,19,22). The van der Waals surface area contributed by atoms with E-state index in [4.69, 9.17) is 4.74 Å². The van der Waals surface area contributed by atoms with Crippen LogP contribution in [-0.4, -0.2) is 74.2 Å². The highest BCUT2D eigenvalue weighted by atomic mass is 16.5. The molecule has 1 unspecified atom stereocenters. The molecule has 1 heterocycles. The molecule has 0 spiro atoms. The van der Waals surface area contributed by atoms with Gasteiger partial charge in [-0.25, -0.2) is 0 Å². The summed E-state index contributed by atoms with van der Waals surface area (Å²) in [4.78, 5) is 17.1. The second kappa shape index (κ2) is 10.3. The molecule has 5 nitrogen and oxygen atoms in total. The van der Waals surface area contributed by atoms with Gasteiger partial charge in [0.15, 0.2) is 0 Å². The monoisotopic (exact) mass is 325 g/mol. The molecule has 5 heteroatoms. The van der Waals surface area contributed by atoms with E-state index in [-0.39, 0.29) is 11.9 Å². The van der Waals surface area contributed by atoms with Crippen molar-refractivity contribution in [2.45, 2.75) is 52.0 Å². The van der Waals surface area contributed by atoms with Crippen LogP contribution in [-0.2, 0) is 9.53 Å². The van der Waals surface area contributed by atoms with Crippen molar-refractivity contribution in [2.24, 2.45) is 5.92 Å². The quantitative estimate of drug-likeness (QED) is 0.690. The molecule has 134 valence electrons. The van der Waals surface area contributed by atoms with Crippen molar-refractivity contribution < 1.29 is 9.53 Å². The topological polar surface area (TPSA) is 44.8 Å². The lowest BCUT2D eigenvalue weighted by molar-refractivity contribution is -0.126. The van der Waals surface area contributed by atoms with Gasteiger partial charge in [0.1, 0.15) is 0 Å². The Labute approximate surface area is 141 Å². The first-order valence-corrected chi connectivity index (χ1v) is 9.52. The van der Waals surface area contributed by atoms with Crippen LogP contribution in [0.2, 0.25) is 0 Å². The third kappa shape index (κ3) is 6.40. The van der Waals surface area contributed by atoms with Crippen LogP contribution in [0.5, 0.6) is 0 Å². The SMILES string of the molecule is CCOCCN1CCN(C(C)C(=O)NCC2CCCCC2)CC1. The van der Waals surface area contributed by atoms with Crippen LogP contribution < -0.4 is 5.32 Å². The molecule has 0 radical (unpaired) electrons. The molecule has 0 aromatic heterocycles. The van der Waals surface area contributed by atoms with Crippen LogP contribution >= 0.6 is 0 Å². The zero-order valence-corrected chi connectivity index (χ0v) is 15.1. The molecule has 1 saturated heterocycles. The van der Waals surface area contributed by atoms with Crippen LogP contribution in [0.3, 0.4) is 0 Å². The van der Waals surface area contributed by atoms with Crippen molar-refractivity contribution in [1.29, 1.82) is 0 Å². The van der Waals surface area contributed by atoms with Gasteiger partial charge in [-0.15, -0.1) is 0 Å². The van der Waals surface area contributed by atoms with E-state index in [0.29, 0.717) is 5.92 Å². The van der Waals surface area contributed by atoms with Crippen molar-refractivity contribution in [3.05, 3.63) is 0 Å². The number of piperazine rings is 1. The highest BCUT2D eigenvalue weighted by Gasteiger charge is 2.25. The molecule has 2 fully saturated rings. The molecule has 1 saturated carbocycles. The van der Waals surface area contributed by atoms with E-state index in [9.17, 15) is 4.79 Å². The van der Waals surface area contributed by atoms with E-state index in [0.717, 1.165) is 52.5 Å². The predicted molar refractivity (Wildman–Crippen MR) is 93.6 cm³/mol. The number of carbonyl (C=O) groups excluding carboxylic acids is 1. The summed E-state index contributed by atoms with van der Waals surface area (Å²) < 4.78 is 5.42. The molecule has 2 rings (SSSR count). The fraction of sp³-hybridized carbons (Fsp3) is 0.944. The van der Waals surface area contributed by atoms with Crippen LogP contribution in [0.4, 0.5) is 0 Å². The fourth-order valence-corrected chi connectivity index (χ4v) is 3.66. The third-order valence-corrected chi connectivity index (χ3v) is 5.38. The third-order valence-electron chi connectivity index (χ3n) is 5.38. The van der Waals surface area contributed by atoms with E-state index in [1.807, 2.05) is 13.8 Å². The van der Waals surface area contributed by atoms with Crippen LogP contribution in [0.25, 0.3) is 0 Å². The zero-order chi connectivity index (χ0) is 16.5. The molecule has 23 heavy (non-hydrogen) atoms. The molecule has 2 aliphatic rings. The Kier molecular flexibility index (Phi) is 8.34. The summed E-state index contributed by atoms with van der Waals surface area (Å²) in [5.41, 5.74) is 0. The average molecular weight is 325 g/mol. The lowest BCUT2D eigenvalue weighted by Crippen LogP contribution is -2.54. The summed E-state index contributed by atoms with van der Waals surface area (Å²) >= 11 is 0. The number of carbonyl (C=O) groups is 1. The largest absolute Gasteiger partial charge is 0.380 e. The molecule has 0 aromatic rings. The van der Waals surface area contributed by atoms with Crippen molar-refractivity contribution in [1.82, 2.24) is 15.1 Å². The zero-order valence-electron chi connectivity index (χ0n) is 15.1. The lowest BCUT2D eigenvalue weighted by Gasteiger charge is -2.37. The second-order valence-electron chi connectivity index (χ2n) is 7.00. The first-order valence-electron chi connectivity index (χ1n) is 9.52. The van der Waals surface area contributed by atoms with Gasteiger partial charge in [0.25, 0.3) is 0 Å². The average Bonchev–Trinajstić information content (AvgIpc) is 2.61. The van der Waals surface area contributed by atoms with Crippen molar-refractivity contribution in [3.63, 3.8) is 0 Å². The summed E-state index contributed by atoms with van der Waals surface area (Å²) in [7, 11) is 0.